The molecule has 5 fully saturated rings. The van der Waals surface area contributed by atoms with E-state index in [2.05, 4.69) is 59.9 Å². The molecule has 14 nitrogen and oxygen atoms in total. The van der Waals surface area contributed by atoms with Crippen LogP contribution < -0.4 is 20.0 Å². The third-order valence-corrected chi connectivity index (χ3v) is 13.9. The number of nitrogens with one attached hydrogen (secondary N) is 1. The second kappa shape index (κ2) is 15.4. The highest BCUT2D eigenvalue weighted by Gasteiger charge is 2.46. The number of amides is 5. The summed E-state index contributed by atoms with van der Waals surface area (Å²) in [5, 5.41) is 2.25. The Morgan fingerprint density at radius 2 is 1.49 bits per heavy atom. The van der Waals surface area contributed by atoms with Crippen molar-refractivity contribution >= 4 is 52.4 Å². The number of rotatable bonds is 6. The first-order valence-electron chi connectivity index (χ1n) is 21.1. The molecule has 2 atom stereocenters. The second-order valence-corrected chi connectivity index (χ2v) is 17.4. The van der Waals surface area contributed by atoms with Crippen LogP contribution in [0.2, 0.25) is 0 Å². The number of carbonyl (C=O) groups excluding carboxylic acids is 5. The van der Waals surface area contributed by atoms with E-state index in [4.69, 9.17) is 6.57 Å². The molecule has 6 aliphatic rings. The van der Waals surface area contributed by atoms with Crippen molar-refractivity contribution in [3.05, 3.63) is 88.4 Å². The Morgan fingerprint density at radius 1 is 0.814 bits per heavy atom. The van der Waals surface area contributed by atoms with Crippen molar-refractivity contribution in [2.75, 3.05) is 73.6 Å². The van der Waals surface area contributed by atoms with Gasteiger partial charge in [-0.3, -0.25) is 39.1 Å². The number of nitrogens with zero attached hydrogens (tertiary/aromatic N) is 8. The second-order valence-electron chi connectivity index (χ2n) is 17.4. The normalized spacial score (nSPS) is 23.8. The highest BCUT2D eigenvalue weighted by Crippen LogP contribution is 2.46. The van der Waals surface area contributed by atoms with Gasteiger partial charge in [-0.25, -0.2) is 0 Å². The van der Waals surface area contributed by atoms with Crippen LogP contribution in [0, 0.1) is 18.9 Å². The zero-order valence-corrected chi connectivity index (χ0v) is 33.9. The number of aryl methyl sites for hydroxylation is 1. The van der Waals surface area contributed by atoms with E-state index >= 15 is 0 Å². The van der Waals surface area contributed by atoms with E-state index in [0.717, 1.165) is 105 Å². The van der Waals surface area contributed by atoms with Crippen LogP contribution in [0.1, 0.15) is 88.5 Å². The van der Waals surface area contributed by atoms with E-state index < -0.39 is 29.7 Å². The first kappa shape index (κ1) is 38.7. The van der Waals surface area contributed by atoms with Crippen LogP contribution in [0.5, 0.6) is 0 Å². The average molecular weight is 798 g/mol. The fourth-order valence-corrected chi connectivity index (χ4v) is 10.5. The zero-order chi connectivity index (χ0) is 41.0. The lowest BCUT2D eigenvalue weighted by Crippen LogP contribution is -2.54. The predicted octanol–water partition coefficient (Wildman–Crippen LogP) is 4.65. The van der Waals surface area contributed by atoms with E-state index in [0.29, 0.717) is 42.1 Å². The summed E-state index contributed by atoms with van der Waals surface area (Å²) in [6.45, 7) is 19.2. The molecule has 1 N–H and O–H groups in total. The lowest BCUT2D eigenvalue weighted by molar-refractivity contribution is -0.136. The van der Waals surface area contributed by atoms with Crippen LogP contribution in [-0.4, -0.2) is 126 Å². The van der Waals surface area contributed by atoms with Crippen molar-refractivity contribution in [3.63, 3.8) is 0 Å². The molecule has 9 rings (SSSR count). The fraction of sp³-hybridized carbons (Fsp3) is 0.489. The van der Waals surface area contributed by atoms with Gasteiger partial charge in [0.1, 0.15) is 12.2 Å². The third-order valence-electron chi connectivity index (χ3n) is 13.9. The minimum absolute atomic E-state index is 0.0821. The summed E-state index contributed by atoms with van der Waals surface area (Å²) in [4.78, 5) is 84.8. The number of aromatic nitrogens is 1. The molecular formula is C45H51N9O5. The van der Waals surface area contributed by atoms with Crippen LogP contribution in [0.15, 0.2) is 54.7 Å². The van der Waals surface area contributed by atoms with E-state index in [1.54, 1.807) is 12.1 Å². The Morgan fingerprint density at radius 3 is 2.17 bits per heavy atom. The molecule has 3 aromatic rings. The van der Waals surface area contributed by atoms with Gasteiger partial charge < -0.3 is 24.4 Å². The monoisotopic (exact) mass is 797 g/mol. The van der Waals surface area contributed by atoms with Crippen LogP contribution in [0.4, 0.5) is 22.9 Å². The highest BCUT2D eigenvalue weighted by atomic mass is 16.2. The smallest absolute Gasteiger partial charge is 0.272 e. The number of piperazine rings is 1. The standard InChI is InChI=1S/C45H51N9O5/c1-29-24-35(27-47-40(29)46-3)53-28-45(26-30(53)2)14-18-50(19-15-45)32-6-4-31(5-7-32)42(57)52-22-20-51(21-23-52)33-12-16-49(17-13-33)34-8-9-36-37(25-34)44(59)54(43(36)58)38-10-11-39(55)48-41(38)56/h4-9,24-25,27,30,33,38H,10-23,26,28H2,1-2H3,(H,48,55,56). The number of imide groups is 2. The quantitative estimate of drug-likeness (QED) is 0.278. The van der Waals surface area contributed by atoms with Crippen LogP contribution in [0.25, 0.3) is 4.85 Å². The summed E-state index contributed by atoms with van der Waals surface area (Å²) in [7, 11) is 0. The van der Waals surface area contributed by atoms with E-state index in [9.17, 15) is 24.0 Å². The molecule has 0 bridgehead atoms. The number of fused-ring (bicyclic) bond motifs is 1. The average Bonchev–Trinajstić information content (AvgIpc) is 3.71. The Labute approximate surface area is 344 Å². The molecule has 59 heavy (non-hydrogen) atoms. The molecule has 0 aliphatic carbocycles. The Kier molecular flexibility index (Phi) is 10.1. The fourth-order valence-electron chi connectivity index (χ4n) is 10.5. The van der Waals surface area contributed by atoms with Crippen molar-refractivity contribution in [1.82, 2.24) is 25.0 Å². The molecule has 5 amide bonds. The van der Waals surface area contributed by atoms with Gasteiger partial charge in [0.15, 0.2) is 0 Å². The lowest BCUT2D eigenvalue weighted by atomic mass is 9.76. The molecule has 0 saturated carbocycles. The minimum Gasteiger partial charge on any atom is -0.371 e. The molecular weight excluding hydrogens is 747 g/mol. The summed E-state index contributed by atoms with van der Waals surface area (Å²) in [5.74, 6) is -1.42. The highest BCUT2D eigenvalue weighted by molar-refractivity contribution is 6.23. The third kappa shape index (κ3) is 7.19. The van der Waals surface area contributed by atoms with Crippen molar-refractivity contribution in [2.45, 2.75) is 76.9 Å². The lowest BCUT2D eigenvalue weighted by Gasteiger charge is -2.43. The first-order chi connectivity index (χ1) is 28.5. The van der Waals surface area contributed by atoms with Crippen LogP contribution >= 0.6 is 0 Å². The molecule has 1 spiro atoms. The van der Waals surface area contributed by atoms with Crippen molar-refractivity contribution in [1.29, 1.82) is 0 Å². The maximum absolute atomic E-state index is 13.6. The molecule has 306 valence electrons. The number of pyridine rings is 1. The largest absolute Gasteiger partial charge is 0.371 e. The summed E-state index contributed by atoms with van der Waals surface area (Å²) in [5.41, 5.74) is 5.68. The van der Waals surface area contributed by atoms with E-state index in [1.165, 1.54) is 5.69 Å². The van der Waals surface area contributed by atoms with E-state index in [-0.39, 0.29) is 24.2 Å². The van der Waals surface area contributed by atoms with Gasteiger partial charge in [-0.15, -0.1) is 4.98 Å². The number of piperidine rings is 3. The molecule has 0 radical (unpaired) electrons. The Bertz CT molecular complexity index is 2230. The van der Waals surface area contributed by atoms with Gasteiger partial charge in [0, 0.05) is 94.3 Å². The number of carbonyl (C=O) groups is 5. The predicted molar refractivity (Wildman–Crippen MR) is 223 cm³/mol. The molecule has 1 aromatic heterocycles. The maximum Gasteiger partial charge on any atom is 0.272 e. The number of hydrogen-bond acceptors (Lipinski definition) is 10. The number of benzene rings is 2. The molecule has 14 heteroatoms. The van der Waals surface area contributed by atoms with Gasteiger partial charge >= 0.3 is 0 Å². The van der Waals surface area contributed by atoms with Crippen molar-refractivity contribution in [2.24, 2.45) is 5.41 Å². The first-order valence-corrected chi connectivity index (χ1v) is 21.1. The van der Waals surface area contributed by atoms with Gasteiger partial charge in [-0.05, 0) is 112 Å². The van der Waals surface area contributed by atoms with Gasteiger partial charge in [0.05, 0.1) is 16.8 Å². The maximum atomic E-state index is 13.6. The van der Waals surface area contributed by atoms with E-state index in [1.807, 2.05) is 36.2 Å². The van der Waals surface area contributed by atoms with Crippen LogP contribution in [-0.2, 0) is 9.59 Å². The van der Waals surface area contributed by atoms with Crippen LogP contribution in [0.3, 0.4) is 0 Å². The van der Waals surface area contributed by atoms with Gasteiger partial charge in [-0.2, -0.15) is 0 Å². The minimum atomic E-state index is -0.977. The molecule has 2 unspecified atom stereocenters. The topological polar surface area (TPSA) is 134 Å². The van der Waals surface area contributed by atoms with Crippen molar-refractivity contribution < 1.29 is 24.0 Å². The van der Waals surface area contributed by atoms with Gasteiger partial charge in [0.25, 0.3) is 23.5 Å². The Balaban J connectivity index is 0.736. The summed E-state index contributed by atoms with van der Waals surface area (Å²) in [6, 6.07) is 15.5. The van der Waals surface area contributed by atoms with Gasteiger partial charge in [0.2, 0.25) is 11.8 Å². The molecule has 7 heterocycles. The molecule has 2 aromatic carbocycles. The summed E-state index contributed by atoms with van der Waals surface area (Å²) in [6.07, 6.45) is 7.38. The summed E-state index contributed by atoms with van der Waals surface area (Å²) >= 11 is 0. The zero-order valence-electron chi connectivity index (χ0n) is 33.9. The van der Waals surface area contributed by atoms with Gasteiger partial charge in [-0.1, -0.05) is 6.57 Å². The number of anilines is 3. The molecule has 5 saturated heterocycles. The number of hydrogen-bond donors (Lipinski definition) is 1. The molecule has 6 aliphatic heterocycles. The van der Waals surface area contributed by atoms with Crippen molar-refractivity contribution in [3.8, 4) is 0 Å². The summed E-state index contributed by atoms with van der Waals surface area (Å²) < 4.78 is 0. The SMILES string of the molecule is [C-]#[N+]c1ncc(N2CC3(CCN(c4ccc(C(=O)N5CCN(C6CCN(c7ccc8c(c7)C(=O)N(C7CCC(=O)NC7=O)C8=O)CC6)CC5)cc4)CC3)CC2C)cc1C. The Hall–Kier alpha value is -5.81.